The smallest absolute Gasteiger partial charge is 0.310 e. The number of imidazole rings is 1. The van der Waals surface area contributed by atoms with Crippen molar-refractivity contribution in [3.05, 3.63) is 30.1 Å². The summed E-state index contributed by atoms with van der Waals surface area (Å²) in [7, 11) is 0. The number of carbonyl (C=O) groups is 2. The van der Waals surface area contributed by atoms with Crippen molar-refractivity contribution < 1.29 is 14.7 Å². The van der Waals surface area contributed by atoms with Gasteiger partial charge in [0.1, 0.15) is 0 Å². The third-order valence-corrected chi connectivity index (χ3v) is 2.95. The Balaban J connectivity index is 2.09. The number of amides is 1. The molecule has 19 heavy (non-hydrogen) atoms. The summed E-state index contributed by atoms with van der Waals surface area (Å²) in [5.41, 5.74) is 1.03. The number of nitrogens with one attached hydrogen (secondary N) is 2. The molecular formula is C13H15N3O3. The second-order valence-corrected chi connectivity index (χ2v) is 5.01. The van der Waals surface area contributed by atoms with Crippen molar-refractivity contribution in [2.45, 2.75) is 13.8 Å². The average molecular weight is 261 g/mol. The van der Waals surface area contributed by atoms with Crippen LogP contribution in [-0.4, -0.2) is 33.5 Å². The SMILES string of the molecule is CC(C)(CNC(=O)c1ccc2nc[nH]c2c1)C(=O)O. The lowest BCUT2D eigenvalue weighted by molar-refractivity contribution is -0.146. The van der Waals surface area contributed by atoms with Gasteiger partial charge in [0.2, 0.25) is 0 Å². The Hall–Kier alpha value is -2.37. The number of hydrogen-bond donors (Lipinski definition) is 3. The number of carboxylic acid groups (broad SMARTS) is 1. The number of rotatable bonds is 4. The highest BCUT2D eigenvalue weighted by Crippen LogP contribution is 2.15. The normalized spacial score (nSPS) is 11.5. The summed E-state index contributed by atoms with van der Waals surface area (Å²) in [4.78, 5) is 29.9. The number of aromatic nitrogens is 2. The molecule has 0 aliphatic heterocycles. The Morgan fingerprint density at radius 1 is 1.42 bits per heavy atom. The number of aromatic amines is 1. The van der Waals surface area contributed by atoms with Crippen molar-refractivity contribution in [2.75, 3.05) is 6.54 Å². The van der Waals surface area contributed by atoms with Crippen molar-refractivity contribution in [1.82, 2.24) is 15.3 Å². The third-order valence-electron chi connectivity index (χ3n) is 2.95. The summed E-state index contributed by atoms with van der Waals surface area (Å²) in [6, 6.07) is 5.08. The fourth-order valence-corrected chi connectivity index (χ4v) is 1.56. The first-order chi connectivity index (χ1) is 8.90. The summed E-state index contributed by atoms with van der Waals surface area (Å²) in [5, 5.41) is 11.6. The quantitative estimate of drug-likeness (QED) is 0.775. The molecule has 1 aromatic heterocycles. The lowest BCUT2D eigenvalue weighted by Gasteiger charge is -2.19. The minimum Gasteiger partial charge on any atom is -0.481 e. The van der Waals surface area contributed by atoms with E-state index in [0.29, 0.717) is 5.56 Å². The van der Waals surface area contributed by atoms with E-state index >= 15 is 0 Å². The summed E-state index contributed by atoms with van der Waals surface area (Å²) < 4.78 is 0. The van der Waals surface area contributed by atoms with Gasteiger partial charge in [0.25, 0.3) is 5.91 Å². The number of carboxylic acids is 1. The summed E-state index contributed by atoms with van der Waals surface area (Å²) >= 11 is 0. The molecule has 100 valence electrons. The minimum absolute atomic E-state index is 0.0716. The highest BCUT2D eigenvalue weighted by atomic mass is 16.4. The number of benzene rings is 1. The van der Waals surface area contributed by atoms with Gasteiger partial charge in [0.05, 0.1) is 22.8 Å². The van der Waals surface area contributed by atoms with E-state index in [2.05, 4.69) is 15.3 Å². The van der Waals surface area contributed by atoms with Gasteiger partial charge in [-0.3, -0.25) is 9.59 Å². The first-order valence-corrected chi connectivity index (χ1v) is 5.85. The Labute approximate surface area is 109 Å². The van der Waals surface area contributed by atoms with Gasteiger partial charge in [-0.15, -0.1) is 0 Å². The van der Waals surface area contributed by atoms with E-state index in [1.807, 2.05) is 0 Å². The molecule has 0 bridgehead atoms. The molecule has 0 radical (unpaired) electrons. The molecule has 0 aliphatic carbocycles. The molecule has 0 atom stereocenters. The van der Waals surface area contributed by atoms with Crippen molar-refractivity contribution in [3.63, 3.8) is 0 Å². The Morgan fingerprint density at radius 2 is 2.16 bits per heavy atom. The predicted molar refractivity (Wildman–Crippen MR) is 69.8 cm³/mol. The van der Waals surface area contributed by atoms with Crippen LogP contribution < -0.4 is 5.32 Å². The molecule has 0 aliphatic rings. The highest BCUT2D eigenvalue weighted by Gasteiger charge is 2.27. The molecule has 1 heterocycles. The van der Waals surface area contributed by atoms with Gasteiger partial charge in [-0.2, -0.15) is 0 Å². The van der Waals surface area contributed by atoms with Crippen LogP contribution in [0.3, 0.4) is 0 Å². The van der Waals surface area contributed by atoms with Crippen molar-refractivity contribution >= 4 is 22.9 Å². The molecule has 0 saturated heterocycles. The number of carbonyl (C=O) groups excluding carboxylic acids is 1. The number of fused-ring (bicyclic) bond motifs is 1. The lowest BCUT2D eigenvalue weighted by Crippen LogP contribution is -2.38. The average Bonchev–Trinajstić information content (AvgIpc) is 2.82. The van der Waals surface area contributed by atoms with Crippen molar-refractivity contribution in [1.29, 1.82) is 0 Å². The molecular weight excluding hydrogens is 246 g/mol. The fourth-order valence-electron chi connectivity index (χ4n) is 1.56. The van der Waals surface area contributed by atoms with E-state index in [9.17, 15) is 9.59 Å². The molecule has 0 fully saturated rings. The molecule has 6 heteroatoms. The Morgan fingerprint density at radius 3 is 2.84 bits per heavy atom. The number of aliphatic carboxylic acids is 1. The zero-order valence-electron chi connectivity index (χ0n) is 10.7. The largest absolute Gasteiger partial charge is 0.481 e. The molecule has 3 N–H and O–H groups in total. The van der Waals surface area contributed by atoms with E-state index in [-0.39, 0.29) is 12.5 Å². The van der Waals surface area contributed by atoms with E-state index in [4.69, 9.17) is 5.11 Å². The van der Waals surface area contributed by atoms with Crippen LogP contribution in [0.2, 0.25) is 0 Å². The Kier molecular flexibility index (Phi) is 3.25. The van der Waals surface area contributed by atoms with Crippen LogP contribution in [0.15, 0.2) is 24.5 Å². The second kappa shape index (κ2) is 4.72. The van der Waals surface area contributed by atoms with Crippen LogP contribution in [-0.2, 0) is 4.79 Å². The third kappa shape index (κ3) is 2.73. The van der Waals surface area contributed by atoms with Gasteiger partial charge in [0, 0.05) is 12.1 Å². The monoisotopic (exact) mass is 261 g/mol. The van der Waals surface area contributed by atoms with Crippen molar-refractivity contribution in [2.24, 2.45) is 5.41 Å². The first-order valence-electron chi connectivity index (χ1n) is 5.85. The van der Waals surface area contributed by atoms with Crippen LogP contribution in [0.1, 0.15) is 24.2 Å². The van der Waals surface area contributed by atoms with Gasteiger partial charge >= 0.3 is 5.97 Å². The number of nitrogens with zero attached hydrogens (tertiary/aromatic N) is 1. The first kappa shape index (κ1) is 13.1. The van der Waals surface area contributed by atoms with E-state index < -0.39 is 11.4 Å². The number of H-pyrrole nitrogens is 1. The van der Waals surface area contributed by atoms with E-state index in [1.165, 1.54) is 0 Å². The maximum Gasteiger partial charge on any atom is 0.310 e. The molecule has 0 unspecified atom stereocenters. The minimum atomic E-state index is -0.992. The summed E-state index contributed by atoms with van der Waals surface area (Å²) in [6.07, 6.45) is 1.56. The zero-order chi connectivity index (χ0) is 14.0. The van der Waals surface area contributed by atoms with Crippen LogP contribution in [0, 0.1) is 5.41 Å². The fraction of sp³-hybridized carbons (Fsp3) is 0.308. The standard InChI is InChI=1S/C13H15N3O3/c1-13(2,12(18)19)6-14-11(17)8-3-4-9-10(5-8)16-7-15-9/h3-5,7H,6H2,1-2H3,(H,14,17)(H,15,16)(H,18,19). The maximum atomic E-state index is 11.9. The van der Waals surface area contributed by atoms with Gasteiger partial charge in [-0.1, -0.05) is 0 Å². The Bertz CT molecular complexity index is 631. The molecule has 6 nitrogen and oxygen atoms in total. The molecule has 1 aromatic carbocycles. The number of hydrogen-bond acceptors (Lipinski definition) is 3. The molecule has 0 saturated carbocycles. The van der Waals surface area contributed by atoms with Crippen LogP contribution in [0.4, 0.5) is 0 Å². The van der Waals surface area contributed by atoms with Crippen molar-refractivity contribution in [3.8, 4) is 0 Å². The van der Waals surface area contributed by atoms with Gasteiger partial charge in [-0.25, -0.2) is 4.98 Å². The van der Waals surface area contributed by atoms with Gasteiger partial charge in [0.15, 0.2) is 0 Å². The van der Waals surface area contributed by atoms with E-state index in [1.54, 1.807) is 38.4 Å². The zero-order valence-corrected chi connectivity index (χ0v) is 10.7. The molecule has 0 spiro atoms. The van der Waals surface area contributed by atoms with Crippen LogP contribution >= 0.6 is 0 Å². The highest BCUT2D eigenvalue weighted by molar-refractivity contribution is 5.97. The summed E-state index contributed by atoms with van der Waals surface area (Å²) in [5.74, 6) is -1.25. The maximum absolute atomic E-state index is 11.9. The topological polar surface area (TPSA) is 95.1 Å². The predicted octanol–water partition coefficient (Wildman–Crippen LogP) is 1.40. The van der Waals surface area contributed by atoms with Crippen LogP contribution in [0.5, 0.6) is 0 Å². The van der Waals surface area contributed by atoms with Crippen LogP contribution in [0.25, 0.3) is 11.0 Å². The lowest BCUT2D eigenvalue weighted by atomic mass is 9.94. The molecule has 2 rings (SSSR count). The van der Waals surface area contributed by atoms with E-state index in [0.717, 1.165) is 11.0 Å². The van der Waals surface area contributed by atoms with Gasteiger partial charge in [-0.05, 0) is 32.0 Å². The molecule has 1 amide bonds. The van der Waals surface area contributed by atoms with Gasteiger partial charge < -0.3 is 15.4 Å². The summed E-state index contributed by atoms with van der Waals surface area (Å²) in [6.45, 7) is 3.20. The molecule has 2 aromatic rings. The second-order valence-electron chi connectivity index (χ2n) is 5.01.